The molecule has 0 fully saturated rings. The standard InChI is InChI=1S/C11H20N2OS/c1-4-12-9(3)6-10-8-15-11(13-10)7-14-5-2/h8-9,12H,4-7H2,1-3H3. The largest absolute Gasteiger partial charge is 0.375 e. The summed E-state index contributed by atoms with van der Waals surface area (Å²) in [7, 11) is 0. The van der Waals surface area contributed by atoms with E-state index in [1.165, 1.54) is 5.69 Å². The number of aromatic nitrogens is 1. The van der Waals surface area contributed by atoms with E-state index in [2.05, 4.69) is 29.5 Å². The molecule has 1 heterocycles. The minimum absolute atomic E-state index is 0.497. The molecule has 1 rings (SSSR count). The number of likely N-dealkylation sites (N-methyl/N-ethyl adjacent to an activating group) is 1. The summed E-state index contributed by atoms with van der Waals surface area (Å²) in [5, 5.41) is 6.59. The van der Waals surface area contributed by atoms with Crippen molar-refractivity contribution in [1.29, 1.82) is 0 Å². The minimum atomic E-state index is 0.497. The van der Waals surface area contributed by atoms with Gasteiger partial charge in [-0.25, -0.2) is 4.98 Å². The molecule has 15 heavy (non-hydrogen) atoms. The van der Waals surface area contributed by atoms with Crippen LogP contribution in [0.3, 0.4) is 0 Å². The molecule has 1 N–H and O–H groups in total. The summed E-state index contributed by atoms with van der Waals surface area (Å²) >= 11 is 1.69. The molecule has 0 aliphatic heterocycles. The summed E-state index contributed by atoms with van der Waals surface area (Å²) in [6.07, 6.45) is 0.996. The molecule has 0 amide bonds. The van der Waals surface area contributed by atoms with E-state index in [9.17, 15) is 0 Å². The second-order valence-corrected chi connectivity index (χ2v) is 4.48. The van der Waals surface area contributed by atoms with Crippen LogP contribution in [-0.4, -0.2) is 24.2 Å². The van der Waals surface area contributed by atoms with Crippen LogP contribution in [0, 0.1) is 0 Å². The number of hydrogen-bond donors (Lipinski definition) is 1. The first-order valence-corrected chi connectivity index (χ1v) is 6.38. The van der Waals surface area contributed by atoms with Crippen LogP contribution in [0.15, 0.2) is 5.38 Å². The van der Waals surface area contributed by atoms with Gasteiger partial charge in [-0.15, -0.1) is 11.3 Å². The fraction of sp³-hybridized carbons (Fsp3) is 0.727. The maximum absolute atomic E-state index is 5.32. The Hall–Kier alpha value is -0.450. The zero-order valence-corrected chi connectivity index (χ0v) is 10.6. The quantitative estimate of drug-likeness (QED) is 0.777. The number of rotatable bonds is 7. The summed E-state index contributed by atoms with van der Waals surface area (Å²) in [5.74, 6) is 0. The van der Waals surface area contributed by atoms with E-state index in [1.54, 1.807) is 11.3 Å². The Labute approximate surface area is 95.9 Å². The van der Waals surface area contributed by atoms with Gasteiger partial charge in [-0.2, -0.15) is 0 Å². The first kappa shape index (κ1) is 12.6. The average Bonchev–Trinajstić information content (AvgIpc) is 2.63. The number of hydrogen-bond acceptors (Lipinski definition) is 4. The Kier molecular flexibility index (Phi) is 5.83. The normalized spacial score (nSPS) is 13.0. The minimum Gasteiger partial charge on any atom is -0.375 e. The van der Waals surface area contributed by atoms with Gasteiger partial charge in [0.25, 0.3) is 0 Å². The Bertz CT molecular complexity index is 275. The molecule has 0 saturated heterocycles. The van der Waals surface area contributed by atoms with Gasteiger partial charge in [0, 0.05) is 24.4 Å². The Balaban J connectivity index is 2.38. The van der Waals surface area contributed by atoms with Crippen LogP contribution in [0.1, 0.15) is 31.5 Å². The molecule has 0 radical (unpaired) electrons. The van der Waals surface area contributed by atoms with Crippen molar-refractivity contribution in [3.05, 3.63) is 16.1 Å². The molecule has 0 bridgehead atoms. The summed E-state index contributed by atoms with van der Waals surface area (Å²) in [6.45, 7) is 8.72. The lowest BCUT2D eigenvalue weighted by Crippen LogP contribution is -2.27. The van der Waals surface area contributed by atoms with Crippen LogP contribution < -0.4 is 5.32 Å². The van der Waals surface area contributed by atoms with Crippen molar-refractivity contribution < 1.29 is 4.74 Å². The molecule has 1 unspecified atom stereocenters. The van der Waals surface area contributed by atoms with Crippen molar-refractivity contribution in [2.75, 3.05) is 13.2 Å². The zero-order valence-electron chi connectivity index (χ0n) is 9.75. The van der Waals surface area contributed by atoms with Gasteiger partial charge in [0.2, 0.25) is 0 Å². The molecule has 0 saturated carbocycles. The Morgan fingerprint density at radius 1 is 1.53 bits per heavy atom. The van der Waals surface area contributed by atoms with Crippen molar-refractivity contribution in [1.82, 2.24) is 10.3 Å². The molecule has 0 spiro atoms. The summed E-state index contributed by atoms with van der Waals surface area (Å²) < 4.78 is 5.32. The molecule has 0 aliphatic carbocycles. The highest BCUT2D eigenvalue weighted by atomic mass is 32.1. The van der Waals surface area contributed by atoms with Gasteiger partial charge >= 0.3 is 0 Å². The number of thiazole rings is 1. The van der Waals surface area contributed by atoms with E-state index in [4.69, 9.17) is 4.74 Å². The molecule has 1 aromatic rings. The topological polar surface area (TPSA) is 34.1 Å². The molecular formula is C11H20N2OS. The van der Waals surface area contributed by atoms with E-state index in [0.29, 0.717) is 12.6 Å². The van der Waals surface area contributed by atoms with Gasteiger partial charge in [0.1, 0.15) is 5.01 Å². The van der Waals surface area contributed by atoms with Crippen LogP contribution in [-0.2, 0) is 17.8 Å². The molecular weight excluding hydrogens is 208 g/mol. The predicted octanol–water partition coefficient (Wildman–Crippen LogP) is 2.22. The highest BCUT2D eigenvalue weighted by molar-refractivity contribution is 7.09. The SMILES string of the molecule is CCNC(C)Cc1csc(COCC)n1. The molecule has 0 aliphatic rings. The van der Waals surface area contributed by atoms with Crippen molar-refractivity contribution in [2.45, 2.75) is 39.8 Å². The van der Waals surface area contributed by atoms with Gasteiger partial charge in [-0.3, -0.25) is 0 Å². The van der Waals surface area contributed by atoms with E-state index in [1.807, 2.05) is 6.92 Å². The third-order valence-corrected chi connectivity index (χ3v) is 2.97. The fourth-order valence-corrected chi connectivity index (χ4v) is 2.18. The van der Waals surface area contributed by atoms with Crippen molar-refractivity contribution >= 4 is 11.3 Å². The summed E-state index contributed by atoms with van der Waals surface area (Å²) in [4.78, 5) is 4.52. The fourth-order valence-electron chi connectivity index (χ4n) is 1.43. The summed E-state index contributed by atoms with van der Waals surface area (Å²) in [5.41, 5.74) is 1.17. The van der Waals surface area contributed by atoms with Gasteiger partial charge in [-0.05, 0) is 20.4 Å². The Morgan fingerprint density at radius 3 is 3.00 bits per heavy atom. The third kappa shape index (κ3) is 4.73. The van der Waals surface area contributed by atoms with Crippen LogP contribution in [0.5, 0.6) is 0 Å². The van der Waals surface area contributed by atoms with Crippen LogP contribution in [0.2, 0.25) is 0 Å². The van der Waals surface area contributed by atoms with Crippen LogP contribution in [0.25, 0.3) is 0 Å². The molecule has 0 aromatic carbocycles. The molecule has 1 aromatic heterocycles. The molecule has 4 heteroatoms. The van der Waals surface area contributed by atoms with Gasteiger partial charge in [-0.1, -0.05) is 6.92 Å². The smallest absolute Gasteiger partial charge is 0.119 e. The second kappa shape index (κ2) is 6.93. The first-order chi connectivity index (χ1) is 7.26. The highest BCUT2D eigenvalue weighted by Crippen LogP contribution is 2.12. The zero-order chi connectivity index (χ0) is 11.1. The average molecular weight is 228 g/mol. The van der Waals surface area contributed by atoms with Crippen LogP contribution in [0.4, 0.5) is 0 Å². The van der Waals surface area contributed by atoms with Crippen LogP contribution >= 0.6 is 11.3 Å². The predicted molar refractivity (Wildman–Crippen MR) is 64.3 cm³/mol. The maximum atomic E-state index is 5.32. The van der Waals surface area contributed by atoms with Crippen molar-refractivity contribution in [3.8, 4) is 0 Å². The monoisotopic (exact) mass is 228 g/mol. The second-order valence-electron chi connectivity index (χ2n) is 3.53. The Morgan fingerprint density at radius 2 is 2.33 bits per heavy atom. The third-order valence-electron chi connectivity index (χ3n) is 2.10. The van der Waals surface area contributed by atoms with Gasteiger partial charge in [0.05, 0.1) is 12.3 Å². The van der Waals surface area contributed by atoms with E-state index < -0.39 is 0 Å². The summed E-state index contributed by atoms with van der Waals surface area (Å²) in [6, 6.07) is 0.497. The van der Waals surface area contributed by atoms with Gasteiger partial charge < -0.3 is 10.1 Å². The van der Waals surface area contributed by atoms with Crippen molar-refractivity contribution in [3.63, 3.8) is 0 Å². The lowest BCUT2D eigenvalue weighted by atomic mass is 10.2. The lowest BCUT2D eigenvalue weighted by Gasteiger charge is -2.09. The number of nitrogens with zero attached hydrogens (tertiary/aromatic N) is 1. The lowest BCUT2D eigenvalue weighted by molar-refractivity contribution is 0.133. The maximum Gasteiger partial charge on any atom is 0.119 e. The molecule has 3 nitrogen and oxygen atoms in total. The number of nitrogens with one attached hydrogen (secondary N) is 1. The van der Waals surface area contributed by atoms with Crippen molar-refractivity contribution in [2.24, 2.45) is 0 Å². The molecule has 1 atom stereocenters. The van der Waals surface area contributed by atoms with Gasteiger partial charge in [0.15, 0.2) is 0 Å². The number of ether oxygens (including phenoxy) is 1. The van der Waals surface area contributed by atoms with E-state index in [0.717, 1.165) is 24.6 Å². The van der Waals surface area contributed by atoms with E-state index >= 15 is 0 Å². The highest BCUT2D eigenvalue weighted by Gasteiger charge is 2.06. The van der Waals surface area contributed by atoms with E-state index in [-0.39, 0.29) is 0 Å². The first-order valence-electron chi connectivity index (χ1n) is 5.50. The molecule has 86 valence electrons.